The molecular weight excluding hydrogens is 653 g/mol. The van der Waals surface area contributed by atoms with Crippen molar-refractivity contribution >= 4 is 12.0 Å². The van der Waals surface area contributed by atoms with Gasteiger partial charge in [0.2, 0.25) is 5.95 Å². The third kappa shape index (κ3) is 8.83. The average molecular weight is 699 g/mol. The number of aliphatic hydroxyl groups is 1. The topological polar surface area (TPSA) is 112 Å². The van der Waals surface area contributed by atoms with Crippen molar-refractivity contribution in [2.24, 2.45) is 5.92 Å². The monoisotopic (exact) mass is 698 g/mol. The second-order valence-corrected chi connectivity index (χ2v) is 13.5. The molecule has 4 atom stereocenters. The van der Waals surface area contributed by atoms with Crippen LogP contribution in [0.3, 0.4) is 0 Å². The fourth-order valence-corrected chi connectivity index (χ4v) is 6.92. The first-order valence-corrected chi connectivity index (χ1v) is 18.0. The lowest BCUT2D eigenvalue weighted by molar-refractivity contribution is -0.276. The summed E-state index contributed by atoms with van der Waals surface area (Å²) >= 11 is 0. The number of piperazine rings is 1. The van der Waals surface area contributed by atoms with Crippen LogP contribution in [0.1, 0.15) is 47.1 Å². The van der Waals surface area contributed by atoms with E-state index < -0.39 is 6.29 Å². The van der Waals surface area contributed by atoms with Gasteiger partial charge in [-0.15, -0.1) is 0 Å². The van der Waals surface area contributed by atoms with Gasteiger partial charge in [0.05, 0.1) is 18.8 Å². The summed E-state index contributed by atoms with van der Waals surface area (Å²) < 4.78 is 13.6. The van der Waals surface area contributed by atoms with Gasteiger partial charge < -0.3 is 30.1 Å². The zero-order chi connectivity index (χ0) is 35.7. The smallest absolute Gasteiger partial charge is 0.315 e. The van der Waals surface area contributed by atoms with Crippen molar-refractivity contribution in [3.8, 4) is 11.1 Å². The van der Waals surface area contributed by atoms with Crippen LogP contribution in [-0.2, 0) is 29.2 Å². The van der Waals surface area contributed by atoms with Gasteiger partial charge in [-0.05, 0) is 51.6 Å². The van der Waals surface area contributed by atoms with E-state index in [1.807, 2.05) is 66.7 Å². The number of hydrogen-bond acceptors (Lipinski definition) is 8. The number of rotatable bonds is 11. The van der Waals surface area contributed by atoms with E-state index in [1.165, 1.54) is 0 Å². The summed E-state index contributed by atoms with van der Waals surface area (Å²) in [5.41, 5.74) is 7.02. The molecule has 7 rings (SSSR count). The quantitative estimate of drug-likeness (QED) is 0.149. The van der Waals surface area contributed by atoms with E-state index in [2.05, 4.69) is 79.8 Å². The maximum absolute atomic E-state index is 12.5. The molecule has 0 bridgehead atoms. The van der Waals surface area contributed by atoms with Gasteiger partial charge in [0.15, 0.2) is 6.29 Å². The van der Waals surface area contributed by atoms with Gasteiger partial charge >= 0.3 is 6.03 Å². The van der Waals surface area contributed by atoms with Gasteiger partial charge in [-0.25, -0.2) is 14.8 Å². The number of carbonyl (C=O) groups excluding carboxylic acids is 1. The molecule has 2 fully saturated rings. The van der Waals surface area contributed by atoms with Gasteiger partial charge in [0, 0.05) is 69.7 Å². The number of anilines is 1. The van der Waals surface area contributed by atoms with E-state index in [0.29, 0.717) is 13.1 Å². The summed E-state index contributed by atoms with van der Waals surface area (Å²) in [6, 6.07) is 36.1. The molecule has 268 valence electrons. The number of amides is 2. The first kappa shape index (κ1) is 35.3. The van der Waals surface area contributed by atoms with Crippen molar-refractivity contribution in [1.82, 2.24) is 25.5 Å². The van der Waals surface area contributed by atoms with E-state index in [1.54, 1.807) is 12.4 Å². The molecular formula is C42H46N6O4. The molecule has 3 heterocycles. The molecule has 2 amide bonds. The second-order valence-electron chi connectivity index (χ2n) is 13.5. The molecule has 2 saturated heterocycles. The molecule has 3 N–H and O–H groups in total. The fourth-order valence-electron chi connectivity index (χ4n) is 6.92. The highest BCUT2D eigenvalue weighted by Crippen LogP contribution is 2.42. The van der Waals surface area contributed by atoms with Crippen molar-refractivity contribution in [3.63, 3.8) is 0 Å². The SMILES string of the molecule is C[C@H]1[C@@H](CN2CCN(c3ncccn3)CC2)O[C@@H](c2cccc(-c3cccc(CNC(=O)NCc4ccccc4)c3)c2)O[C@H]1c1ccc(CO)cc1. The summed E-state index contributed by atoms with van der Waals surface area (Å²) in [7, 11) is 0. The number of aliphatic hydroxyl groups excluding tert-OH is 1. The number of ether oxygens (including phenoxy) is 2. The zero-order valence-electron chi connectivity index (χ0n) is 29.5. The van der Waals surface area contributed by atoms with Crippen LogP contribution >= 0.6 is 0 Å². The molecule has 0 radical (unpaired) electrons. The number of nitrogens with zero attached hydrogens (tertiary/aromatic N) is 4. The predicted octanol–water partition coefficient (Wildman–Crippen LogP) is 6.25. The summed E-state index contributed by atoms with van der Waals surface area (Å²) in [6.07, 6.45) is 2.74. The van der Waals surface area contributed by atoms with Crippen molar-refractivity contribution in [2.75, 3.05) is 37.6 Å². The van der Waals surface area contributed by atoms with E-state index in [0.717, 1.165) is 77.6 Å². The molecule has 1 aromatic heterocycles. The molecule has 5 aromatic rings. The number of hydrogen-bond donors (Lipinski definition) is 3. The maximum Gasteiger partial charge on any atom is 0.315 e. The Morgan fingerprint density at radius 2 is 1.40 bits per heavy atom. The lowest BCUT2D eigenvalue weighted by Crippen LogP contribution is -2.51. The molecule has 4 aromatic carbocycles. The van der Waals surface area contributed by atoms with Crippen LogP contribution < -0.4 is 15.5 Å². The lowest BCUT2D eigenvalue weighted by Gasteiger charge is -2.44. The molecule has 0 saturated carbocycles. The first-order chi connectivity index (χ1) is 25.5. The summed E-state index contributed by atoms with van der Waals surface area (Å²) in [5.74, 6) is 0.860. The standard InChI is InChI=1S/C42H46N6O4/c1-30-38(28-47-20-22-48(23-21-47)41-43-18-7-19-44-41)51-40(52-39(30)34-16-14-32(29-49)15-17-34)37-13-6-12-36(25-37)35-11-5-10-33(24-35)27-46-42(50)45-26-31-8-3-2-4-9-31/h2-19,24-25,30,38-40,49H,20-23,26-29H2,1H3,(H2,45,46,50)/t30-,38+,39+,40+/m0/s1. The largest absolute Gasteiger partial charge is 0.392 e. The average Bonchev–Trinajstić information content (AvgIpc) is 3.21. The first-order valence-electron chi connectivity index (χ1n) is 18.0. The number of aromatic nitrogens is 2. The van der Waals surface area contributed by atoms with E-state index in [-0.39, 0.29) is 30.8 Å². The third-order valence-electron chi connectivity index (χ3n) is 9.94. The summed E-state index contributed by atoms with van der Waals surface area (Å²) in [5, 5.41) is 15.6. The fraction of sp³-hybridized carbons (Fsp3) is 0.310. The third-order valence-corrected chi connectivity index (χ3v) is 9.94. The minimum Gasteiger partial charge on any atom is -0.392 e. The number of carbonyl (C=O) groups is 1. The highest BCUT2D eigenvalue weighted by molar-refractivity contribution is 5.74. The van der Waals surface area contributed by atoms with Gasteiger partial charge in [-0.1, -0.05) is 97.9 Å². The Bertz CT molecular complexity index is 1890. The van der Waals surface area contributed by atoms with Gasteiger partial charge in [0.25, 0.3) is 0 Å². The summed E-state index contributed by atoms with van der Waals surface area (Å²) in [6.45, 7) is 7.36. The Hall–Kier alpha value is -5.13. The molecule has 2 aliphatic rings. The highest BCUT2D eigenvalue weighted by Gasteiger charge is 2.39. The van der Waals surface area contributed by atoms with Gasteiger partial charge in [-0.3, -0.25) is 4.90 Å². The minimum absolute atomic E-state index is 0.00122. The number of benzene rings is 4. The van der Waals surface area contributed by atoms with Crippen LogP contribution in [0.2, 0.25) is 0 Å². The molecule has 0 unspecified atom stereocenters. The summed E-state index contributed by atoms with van der Waals surface area (Å²) in [4.78, 5) is 26.1. The van der Waals surface area contributed by atoms with Gasteiger partial charge in [0.1, 0.15) is 0 Å². The van der Waals surface area contributed by atoms with Crippen molar-refractivity contribution in [3.05, 3.63) is 149 Å². The normalized spacial score (nSPS) is 20.7. The Labute approximate surface area is 305 Å². The second kappa shape index (κ2) is 16.9. The molecule has 10 nitrogen and oxygen atoms in total. The molecule has 52 heavy (non-hydrogen) atoms. The van der Waals surface area contributed by atoms with E-state index in [4.69, 9.17) is 9.47 Å². The van der Waals surface area contributed by atoms with Gasteiger partial charge in [-0.2, -0.15) is 0 Å². The molecule has 2 aliphatic heterocycles. The number of nitrogens with one attached hydrogen (secondary N) is 2. The minimum atomic E-state index is -0.569. The van der Waals surface area contributed by atoms with Crippen LogP contribution in [0.5, 0.6) is 0 Å². The van der Waals surface area contributed by atoms with Crippen LogP contribution in [0.25, 0.3) is 11.1 Å². The highest BCUT2D eigenvalue weighted by atomic mass is 16.7. The number of urea groups is 1. The van der Waals surface area contributed by atoms with E-state index >= 15 is 0 Å². The Morgan fingerprint density at radius 1 is 0.731 bits per heavy atom. The lowest BCUT2D eigenvalue weighted by atomic mass is 9.89. The molecule has 0 spiro atoms. The van der Waals surface area contributed by atoms with E-state index in [9.17, 15) is 9.90 Å². The van der Waals surface area contributed by atoms with Crippen molar-refractivity contribution in [2.45, 2.75) is 45.1 Å². The Morgan fingerprint density at radius 3 is 2.13 bits per heavy atom. The molecule has 0 aliphatic carbocycles. The van der Waals surface area contributed by atoms with Crippen LogP contribution in [0.4, 0.5) is 10.7 Å². The van der Waals surface area contributed by atoms with Crippen molar-refractivity contribution in [1.29, 1.82) is 0 Å². The Kier molecular flexibility index (Phi) is 11.5. The van der Waals surface area contributed by atoms with Crippen LogP contribution in [0.15, 0.2) is 122 Å². The van der Waals surface area contributed by atoms with Crippen LogP contribution in [0, 0.1) is 5.92 Å². The van der Waals surface area contributed by atoms with Crippen LogP contribution in [-0.4, -0.2) is 64.8 Å². The zero-order valence-corrected chi connectivity index (χ0v) is 29.5. The molecule has 10 heteroatoms. The Balaban J connectivity index is 1.05. The van der Waals surface area contributed by atoms with Crippen molar-refractivity contribution < 1.29 is 19.4 Å². The predicted molar refractivity (Wildman–Crippen MR) is 201 cm³/mol. The maximum atomic E-state index is 12.5.